The van der Waals surface area contributed by atoms with Gasteiger partial charge in [-0.15, -0.1) is 11.3 Å². The van der Waals surface area contributed by atoms with Crippen LogP contribution in [0.25, 0.3) is 0 Å². The number of hydrogen-bond donors (Lipinski definition) is 2. The van der Waals surface area contributed by atoms with E-state index in [-0.39, 0.29) is 6.42 Å². The molecule has 0 saturated carbocycles. The molecule has 4 nitrogen and oxygen atoms in total. The molecule has 14 heavy (non-hydrogen) atoms. The summed E-state index contributed by atoms with van der Waals surface area (Å²) in [6, 6.07) is 0. The van der Waals surface area contributed by atoms with Crippen molar-refractivity contribution in [1.29, 1.82) is 0 Å². The second-order valence-electron chi connectivity index (χ2n) is 3.43. The molecule has 1 saturated heterocycles. The molecule has 1 aliphatic heterocycles. The van der Waals surface area contributed by atoms with Gasteiger partial charge >= 0.3 is 5.97 Å². The van der Waals surface area contributed by atoms with Crippen LogP contribution in [0.3, 0.4) is 0 Å². The van der Waals surface area contributed by atoms with Crippen LogP contribution in [0.2, 0.25) is 0 Å². The van der Waals surface area contributed by atoms with Crippen LogP contribution >= 0.6 is 11.3 Å². The predicted molar refractivity (Wildman–Crippen MR) is 53.7 cm³/mol. The van der Waals surface area contributed by atoms with E-state index >= 15 is 0 Å². The molecule has 1 aromatic heterocycles. The number of aromatic nitrogens is 1. The number of carbonyl (C=O) groups is 1. The number of hydrogen-bond acceptors (Lipinski definition) is 4. The zero-order chi connectivity index (χ0) is 9.97. The average Bonchev–Trinajstić information content (AvgIpc) is 2.69. The second-order valence-corrected chi connectivity index (χ2v) is 4.37. The fourth-order valence-electron chi connectivity index (χ4n) is 1.63. The van der Waals surface area contributed by atoms with E-state index < -0.39 is 5.97 Å². The highest BCUT2D eigenvalue weighted by Crippen LogP contribution is 2.23. The van der Waals surface area contributed by atoms with Gasteiger partial charge in [-0.1, -0.05) is 0 Å². The van der Waals surface area contributed by atoms with E-state index in [0.29, 0.717) is 10.9 Å². The maximum atomic E-state index is 10.5. The molecule has 1 fully saturated rings. The van der Waals surface area contributed by atoms with Gasteiger partial charge in [0.1, 0.15) is 5.01 Å². The van der Waals surface area contributed by atoms with Crippen LogP contribution in [0, 0.1) is 0 Å². The molecule has 1 unspecified atom stereocenters. The Labute approximate surface area is 86.0 Å². The fourth-order valence-corrected chi connectivity index (χ4v) is 2.50. The molecule has 1 aromatic rings. The topological polar surface area (TPSA) is 62.2 Å². The lowest BCUT2D eigenvalue weighted by Gasteiger charge is -2.01. The van der Waals surface area contributed by atoms with E-state index in [2.05, 4.69) is 10.3 Å². The van der Waals surface area contributed by atoms with Crippen LogP contribution in [0.4, 0.5) is 0 Å². The molecule has 1 atom stereocenters. The number of carboxylic acids is 1. The first kappa shape index (κ1) is 9.61. The number of aliphatic carboxylic acids is 1. The van der Waals surface area contributed by atoms with Crippen molar-refractivity contribution in [2.45, 2.75) is 18.8 Å². The highest BCUT2D eigenvalue weighted by atomic mass is 32.1. The first-order valence-electron chi connectivity index (χ1n) is 4.62. The van der Waals surface area contributed by atoms with Crippen molar-refractivity contribution in [3.63, 3.8) is 0 Å². The van der Waals surface area contributed by atoms with Gasteiger partial charge in [0.25, 0.3) is 0 Å². The number of thiazole rings is 1. The Hall–Kier alpha value is -0.940. The Morgan fingerprint density at radius 2 is 2.64 bits per heavy atom. The van der Waals surface area contributed by atoms with Crippen molar-refractivity contribution in [2.24, 2.45) is 0 Å². The summed E-state index contributed by atoms with van der Waals surface area (Å²) < 4.78 is 0. The third kappa shape index (κ3) is 2.10. The van der Waals surface area contributed by atoms with Gasteiger partial charge in [-0.05, 0) is 13.0 Å². The highest BCUT2D eigenvalue weighted by Gasteiger charge is 2.19. The van der Waals surface area contributed by atoms with Gasteiger partial charge in [0, 0.05) is 17.8 Å². The molecule has 5 heteroatoms. The van der Waals surface area contributed by atoms with Gasteiger partial charge in [0.2, 0.25) is 0 Å². The predicted octanol–water partition coefficient (Wildman–Crippen LogP) is 0.847. The lowest BCUT2D eigenvalue weighted by atomic mass is 10.1. The Bertz CT molecular complexity index is 331. The van der Waals surface area contributed by atoms with E-state index in [1.165, 1.54) is 11.3 Å². The molecular weight excluding hydrogens is 200 g/mol. The van der Waals surface area contributed by atoms with Gasteiger partial charge in [0.05, 0.1) is 12.1 Å². The van der Waals surface area contributed by atoms with Crippen LogP contribution < -0.4 is 5.32 Å². The molecule has 2 N–H and O–H groups in total. The van der Waals surface area contributed by atoms with Crippen molar-refractivity contribution >= 4 is 17.3 Å². The van der Waals surface area contributed by atoms with Crippen molar-refractivity contribution in [2.75, 3.05) is 13.1 Å². The second kappa shape index (κ2) is 4.06. The van der Waals surface area contributed by atoms with Crippen LogP contribution in [0.15, 0.2) is 5.38 Å². The maximum Gasteiger partial charge on any atom is 0.310 e. The molecule has 0 amide bonds. The zero-order valence-corrected chi connectivity index (χ0v) is 8.51. The molecule has 1 aliphatic rings. The van der Waals surface area contributed by atoms with E-state index in [0.717, 1.165) is 25.2 Å². The Morgan fingerprint density at radius 3 is 3.29 bits per heavy atom. The zero-order valence-electron chi connectivity index (χ0n) is 7.69. The largest absolute Gasteiger partial charge is 0.481 e. The quantitative estimate of drug-likeness (QED) is 0.779. The summed E-state index contributed by atoms with van der Waals surface area (Å²) >= 11 is 1.44. The smallest absolute Gasteiger partial charge is 0.310 e. The lowest BCUT2D eigenvalue weighted by Crippen LogP contribution is -2.08. The minimum Gasteiger partial charge on any atom is -0.481 e. The molecule has 0 radical (unpaired) electrons. The van der Waals surface area contributed by atoms with Gasteiger partial charge in [0.15, 0.2) is 0 Å². The minimum atomic E-state index is -0.810. The molecule has 0 aliphatic carbocycles. The number of rotatable bonds is 3. The van der Waals surface area contributed by atoms with E-state index in [4.69, 9.17) is 5.11 Å². The minimum absolute atomic E-state index is 0.0464. The molecule has 0 spiro atoms. The Kier molecular flexibility index (Phi) is 2.79. The van der Waals surface area contributed by atoms with E-state index in [1.54, 1.807) is 0 Å². The van der Waals surface area contributed by atoms with Crippen molar-refractivity contribution in [3.8, 4) is 0 Å². The molecular formula is C9H12N2O2S. The molecule has 0 bridgehead atoms. The van der Waals surface area contributed by atoms with Gasteiger partial charge in [-0.2, -0.15) is 0 Å². The maximum absolute atomic E-state index is 10.5. The summed E-state index contributed by atoms with van der Waals surface area (Å²) in [4.78, 5) is 14.8. The third-order valence-corrected chi connectivity index (χ3v) is 3.22. The normalized spacial score (nSPS) is 21.3. The summed E-state index contributed by atoms with van der Waals surface area (Å²) in [5.74, 6) is -0.329. The summed E-state index contributed by atoms with van der Waals surface area (Å²) in [6.45, 7) is 2.01. The number of nitrogens with one attached hydrogen (secondary N) is 1. The Morgan fingerprint density at radius 1 is 1.79 bits per heavy atom. The van der Waals surface area contributed by atoms with E-state index in [1.807, 2.05) is 5.38 Å². The van der Waals surface area contributed by atoms with Crippen LogP contribution in [-0.4, -0.2) is 29.1 Å². The van der Waals surface area contributed by atoms with Gasteiger partial charge in [-0.25, -0.2) is 4.98 Å². The monoisotopic (exact) mass is 212 g/mol. The van der Waals surface area contributed by atoms with Crippen LogP contribution in [0.5, 0.6) is 0 Å². The SMILES string of the molecule is O=C(O)Cc1nc(C2CCNC2)cs1. The highest BCUT2D eigenvalue weighted by molar-refractivity contribution is 7.09. The summed E-state index contributed by atoms with van der Waals surface area (Å²) in [7, 11) is 0. The molecule has 2 rings (SSSR count). The van der Waals surface area contributed by atoms with Crippen molar-refractivity contribution in [3.05, 3.63) is 16.1 Å². The van der Waals surface area contributed by atoms with E-state index in [9.17, 15) is 4.79 Å². The first-order valence-corrected chi connectivity index (χ1v) is 5.50. The summed E-state index contributed by atoms with van der Waals surface area (Å²) in [6.07, 6.45) is 1.15. The Balaban J connectivity index is 2.05. The molecule has 76 valence electrons. The summed E-state index contributed by atoms with van der Waals surface area (Å²) in [5, 5.41) is 14.6. The van der Waals surface area contributed by atoms with Crippen LogP contribution in [0.1, 0.15) is 23.0 Å². The third-order valence-electron chi connectivity index (χ3n) is 2.35. The van der Waals surface area contributed by atoms with Gasteiger partial charge < -0.3 is 10.4 Å². The average molecular weight is 212 g/mol. The van der Waals surface area contributed by atoms with Crippen molar-refractivity contribution in [1.82, 2.24) is 10.3 Å². The standard InChI is InChI=1S/C9H12N2O2S/c12-9(13)3-8-11-7(5-14-8)6-1-2-10-4-6/h5-6,10H,1-4H2,(H,12,13). The van der Waals surface area contributed by atoms with Crippen LogP contribution in [-0.2, 0) is 11.2 Å². The number of nitrogens with zero attached hydrogens (tertiary/aromatic N) is 1. The molecule has 2 heterocycles. The summed E-state index contributed by atoms with van der Waals surface area (Å²) in [5.41, 5.74) is 1.05. The molecule has 0 aromatic carbocycles. The van der Waals surface area contributed by atoms with Gasteiger partial charge in [-0.3, -0.25) is 4.79 Å². The fraction of sp³-hybridized carbons (Fsp3) is 0.556. The van der Waals surface area contributed by atoms with Crippen molar-refractivity contribution < 1.29 is 9.90 Å². The first-order chi connectivity index (χ1) is 6.75. The lowest BCUT2D eigenvalue weighted by molar-refractivity contribution is -0.136. The number of carboxylic acid groups (broad SMARTS) is 1.